The molecule has 0 aliphatic carbocycles. The van der Waals surface area contributed by atoms with Crippen LogP contribution in [-0.2, 0) is 4.74 Å². The summed E-state index contributed by atoms with van der Waals surface area (Å²) >= 11 is 0. The van der Waals surface area contributed by atoms with Gasteiger partial charge in [0.25, 0.3) is 0 Å². The Morgan fingerprint density at radius 3 is 2.61 bits per heavy atom. The Bertz CT molecular complexity index is 298. The van der Waals surface area contributed by atoms with Crippen molar-refractivity contribution in [2.24, 2.45) is 5.92 Å². The maximum Gasteiger partial charge on any atom is 0.410 e. The van der Waals surface area contributed by atoms with E-state index in [4.69, 9.17) is 4.74 Å². The Morgan fingerprint density at radius 2 is 2.11 bits per heavy atom. The van der Waals surface area contributed by atoms with Crippen molar-refractivity contribution in [1.29, 1.82) is 0 Å². The SMILES string of the molecule is CCC1(O)CN(C(=O)OC(C)(C)C)CCCC1C. The van der Waals surface area contributed by atoms with E-state index in [2.05, 4.69) is 6.92 Å². The highest BCUT2D eigenvalue weighted by Gasteiger charge is 2.38. The molecule has 1 aliphatic rings. The highest BCUT2D eigenvalue weighted by atomic mass is 16.6. The second-order valence-corrected chi connectivity index (χ2v) is 6.40. The molecule has 0 radical (unpaired) electrons. The molecule has 1 saturated heterocycles. The van der Waals surface area contributed by atoms with Crippen molar-refractivity contribution >= 4 is 6.09 Å². The lowest BCUT2D eigenvalue weighted by atomic mass is 9.84. The molecule has 4 nitrogen and oxygen atoms in total. The number of β-amino-alcohol motifs (C(OH)–C–C–N with tert-alkyl or cyclic N) is 1. The average Bonchev–Trinajstić information content (AvgIpc) is 2.38. The summed E-state index contributed by atoms with van der Waals surface area (Å²) in [7, 11) is 0. The van der Waals surface area contributed by atoms with Gasteiger partial charge in [0.2, 0.25) is 0 Å². The van der Waals surface area contributed by atoms with E-state index in [9.17, 15) is 9.90 Å². The van der Waals surface area contributed by atoms with Crippen molar-refractivity contribution < 1.29 is 14.6 Å². The Hall–Kier alpha value is -0.770. The Labute approximate surface area is 110 Å². The zero-order chi connectivity index (χ0) is 14.0. The zero-order valence-corrected chi connectivity index (χ0v) is 12.3. The lowest BCUT2D eigenvalue weighted by Gasteiger charge is -2.35. The van der Waals surface area contributed by atoms with Crippen LogP contribution < -0.4 is 0 Å². The van der Waals surface area contributed by atoms with E-state index in [1.54, 1.807) is 4.90 Å². The maximum atomic E-state index is 12.1. The maximum absolute atomic E-state index is 12.1. The smallest absolute Gasteiger partial charge is 0.410 e. The number of likely N-dealkylation sites (tertiary alicyclic amines) is 1. The van der Waals surface area contributed by atoms with Gasteiger partial charge in [0.05, 0.1) is 12.1 Å². The molecule has 0 bridgehead atoms. The van der Waals surface area contributed by atoms with Crippen molar-refractivity contribution in [3.63, 3.8) is 0 Å². The quantitative estimate of drug-likeness (QED) is 0.786. The van der Waals surface area contributed by atoms with Gasteiger partial charge in [-0.05, 0) is 46.0 Å². The van der Waals surface area contributed by atoms with Crippen molar-refractivity contribution in [3.8, 4) is 0 Å². The van der Waals surface area contributed by atoms with Gasteiger partial charge in [0.1, 0.15) is 5.60 Å². The fourth-order valence-corrected chi connectivity index (χ4v) is 2.36. The molecule has 2 atom stereocenters. The number of nitrogens with zero attached hydrogens (tertiary/aromatic N) is 1. The molecule has 2 unspecified atom stereocenters. The third kappa shape index (κ3) is 3.87. The summed E-state index contributed by atoms with van der Waals surface area (Å²) in [6.45, 7) is 10.6. The van der Waals surface area contributed by atoms with E-state index in [0.717, 1.165) is 12.8 Å². The number of carbonyl (C=O) groups excluding carboxylic acids is 1. The molecule has 1 fully saturated rings. The summed E-state index contributed by atoms with van der Waals surface area (Å²) in [5, 5.41) is 10.6. The zero-order valence-electron chi connectivity index (χ0n) is 12.3. The number of ether oxygens (including phenoxy) is 1. The fraction of sp³-hybridized carbons (Fsp3) is 0.929. The largest absolute Gasteiger partial charge is 0.444 e. The molecule has 0 spiro atoms. The predicted molar refractivity (Wildman–Crippen MR) is 71.4 cm³/mol. The number of amides is 1. The van der Waals surface area contributed by atoms with E-state index in [0.29, 0.717) is 19.5 Å². The van der Waals surface area contributed by atoms with Gasteiger partial charge in [0.15, 0.2) is 0 Å². The van der Waals surface area contributed by atoms with Gasteiger partial charge < -0.3 is 14.7 Å². The number of hydrogen-bond donors (Lipinski definition) is 1. The first-order valence-electron chi connectivity index (χ1n) is 6.88. The Kier molecular flexibility index (Phi) is 4.65. The molecule has 4 heteroatoms. The molecule has 1 aliphatic heterocycles. The summed E-state index contributed by atoms with van der Waals surface area (Å²) in [5.74, 6) is 0.218. The van der Waals surface area contributed by atoms with Crippen LogP contribution in [0.15, 0.2) is 0 Å². The molecule has 0 aromatic carbocycles. The monoisotopic (exact) mass is 257 g/mol. The number of aliphatic hydroxyl groups is 1. The summed E-state index contributed by atoms with van der Waals surface area (Å²) in [6, 6.07) is 0. The Morgan fingerprint density at radius 1 is 1.50 bits per heavy atom. The van der Waals surface area contributed by atoms with Crippen LogP contribution >= 0.6 is 0 Å². The number of hydrogen-bond acceptors (Lipinski definition) is 3. The lowest BCUT2D eigenvalue weighted by molar-refractivity contribution is -0.0407. The van der Waals surface area contributed by atoms with Crippen LogP contribution in [-0.4, -0.2) is 40.4 Å². The molecule has 1 N–H and O–H groups in total. The number of rotatable bonds is 1. The van der Waals surface area contributed by atoms with Crippen molar-refractivity contribution in [2.45, 2.75) is 65.1 Å². The minimum absolute atomic E-state index is 0.218. The second kappa shape index (κ2) is 5.47. The summed E-state index contributed by atoms with van der Waals surface area (Å²) in [5.41, 5.74) is -1.27. The molecule has 1 rings (SSSR count). The van der Waals surface area contributed by atoms with E-state index in [1.807, 2.05) is 27.7 Å². The molecule has 0 saturated carbocycles. The van der Waals surface area contributed by atoms with Crippen molar-refractivity contribution in [1.82, 2.24) is 4.90 Å². The van der Waals surface area contributed by atoms with Gasteiger partial charge in [-0.1, -0.05) is 13.8 Å². The summed E-state index contributed by atoms with van der Waals surface area (Å²) < 4.78 is 5.38. The first-order valence-corrected chi connectivity index (χ1v) is 6.88. The van der Waals surface area contributed by atoms with Crippen LogP contribution in [0.5, 0.6) is 0 Å². The number of carbonyl (C=O) groups is 1. The average molecular weight is 257 g/mol. The predicted octanol–water partition coefficient (Wildman–Crippen LogP) is 2.79. The van der Waals surface area contributed by atoms with Gasteiger partial charge in [-0.15, -0.1) is 0 Å². The molecular weight excluding hydrogens is 230 g/mol. The Balaban J connectivity index is 2.75. The molecular formula is C14H27NO3. The van der Waals surface area contributed by atoms with Gasteiger partial charge >= 0.3 is 6.09 Å². The first kappa shape index (κ1) is 15.3. The lowest BCUT2D eigenvalue weighted by Crippen LogP contribution is -2.48. The summed E-state index contributed by atoms with van der Waals surface area (Å²) in [6.07, 6.45) is 2.21. The van der Waals surface area contributed by atoms with Crippen LogP contribution in [0.2, 0.25) is 0 Å². The molecule has 18 heavy (non-hydrogen) atoms. The van der Waals surface area contributed by atoms with Gasteiger partial charge in [-0.25, -0.2) is 4.79 Å². The van der Waals surface area contributed by atoms with E-state index >= 15 is 0 Å². The van der Waals surface area contributed by atoms with Crippen LogP contribution in [0.25, 0.3) is 0 Å². The first-order chi connectivity index (χ1) is 8.18. The van der Waals surface area contributed by atoms with E-state index in [1.165, 1.54) is 0 Å². The fourth-order valence-electron chi connectivity index (χ4n) is 2.36. The highest BCUT2D eigenvalue weighted by Crippen LogP contribution is 2.30. The standard InChI is InChI=1S/C14H27NO3/c1-6-14(17)10-15(9-7-8-11(14)2)12(16)18-13(3,4)5/h11,17H,6-10H2,1-5H3. The van der Waals surface area contributed by atoms with Gasteiger partial charge in [-0.2, -0.15) is 0 Å². The molecule has 106 valence electrons. The van der Waals surface area contributed by atoms with Crippen LogP contribution in [0.3, 0.4) is 0 Å². The van der Waals surface area contributed by atoms with Gasteiger partial charge in [-0.3, -0.25) is 0 Å². The normalized spacial score (nSPS) is 29.9. The van der Waals surface area contributed by atoms with Gasteiger partial charge in [0, 0.05) is 6.54 Å². The molecule has 1 amide bonds. The van der Waals surface area contributed by atoms with Crippen LogP contribution in [0.4, 0.5) is 4.79 Å². The van der Waals surface area contributed by atoms with Crippen LogP contribution in [0, 0.1) is 5.92 Å². The van der Waals surface area contributed by atoms with E-state index in [-0.39, 0.29) is 12.0 Å². The minimum atomic E-state index is -0.784. The summed E-state index contributed by atoms with van der Waals surface area (Å²) in [4.78, 5) is 13.7. The van der Waals surface area contributed by atoms with Crippen molar-refractivity contribution in [3.05, 3.63) is 0 Å². The third-order valence-electron chi connectivity index (χ3n) is 3.71. The van der Waals surface area contributed by atoms with Crippen molar-refractivity contribution in [2.75, 3.05) is 13.1 Å². The highest BCUT2D eigenvalue weighted by molar-refractivity contribution is 5.68. The van der Waals surface area contributed by atoms with Crippen LogP contribution in [0.1, 0.15) is 53.9 Å². The minimum Gasteiger partial charge on any atom is -0.444 e. The molecule has 0 aromatic heterocycles. The third-order valence-corrected chi connectivity index (χ3v) is 3.71. The molecule has 1 heterocycles. The van der Waals surface area contributed by atoms with E-state index < -0.39 is 11.2 Å². The topological polar surface area (TPSA) is 49.8 Å². The second-order valence-electron chi connectivity index (χ2n) is 6.40. The molecule has 0 aromatic rings.